The second-order valence-electron chi connectivity index (χ2n) is 6.05. The fraction of sp³-hybridized carbons (Fsp3) is 0.929. The van der Waals surface area contributed by atoms with Crippen molar-refractivity contribution in [2.24, 2.45) is 11.3 Å². The number of esters is 1. The minimum atomic E-state index is -3.51. The number of piperidine rings is 1. The van der Waals surface area contributed by atoms with E-state index in [1.54, 1.807) is 0 Å². The van der Waals surface area contributed by atoms with Gasteiger partial charge in [-0.3, -0.25) is 4.79 Å². The molecule has 0 radical (unpaired) electrons. The molecule has 0 spiro atoms. The van der Waals surface area contributed by atoms with E-state index in [0.29, 0.717) is 38.8 Å². The van der Waals surface area contributed by atoms with E-state index in [0.717, 1.165) is 0 Å². The number of aliphatic hydroxyl groups is 2. The molecule has 1 fully saturated rings. The first-order valence-electron chi connectivity index (χ1n) is 7.57. The van der Waals surface area contributed by atoms with Gasteiger partial charge in [-0.25, -0.2) is 12.7 Å². The van der Waals surface area contributed by atoms with E-state index in [1.807, 2.05) is 0 Å². The van der Waals surface area contributed by atoms with Crippen LogP contribution >= 0.6 is 0 Å². The van der Waals surface area contributed by atoms with Crippen molar-refractivity contribution in [3.8, 4) is 0 Å². The number of hydrogen-bond donors (Lipinski definition) is 2. The molecule has 2 N–H and O–H groups in total. The van der Waals surface area contributed by atoms with Crippen LogP contribution in [0.3, 0.4) is 0 Å². The maximum atomic E-state index is 12.4. The lowest BCUT2D eigenvalue weighted by atomic mass is 9.74. The molecule has 1 aliphatic heterocycles. The van der Waals surface area contributed by atoms with Gasteiger partial charge in [0.25, 0.3) is 0 Å². The third-order valence-corrected chi connectivity index (χ3v) is 6.60. The molecule has 130 valence electrons. The van der Waals surface area contributed by atoms with E-state index in [-0.39, 0.29) is 24.4 Å². The van der Waals surface area contributed by atoms with E-state index >= 15 is 0 Å². The van der Waals surface area contributed by atoms with Crippen molar-refractivity contribution >= 4 is 16.0 Å². The Morgan fingerprint density at radius 2 is 1.73 bits per heavy atom. The number of carbonyl (C=O) groups is 1. The Kier molecular flexibility index (Phi) is 7.24. The Morgan fingerprint density at radius 1 is 1.23 bits per heavy atom. The van der Waals surface area contributed by atoms with Gasteiger partial charge in [0.15, 0.2) is 0 Å². The van der Waals surface area contributed by atoms with Crippen molar-refractivity contribution in [1.29, 1.82) is 0 Å². The Balaban J connectivity index is 2.67. The molecule has 0 aromatic carbocycles. The molecule has 1 heterocycles. The fourth-order valence-electron chi connectivity index (χ4n) is 3.03. The third-order valence-electron chi connectivity index (χ3n) is 4.52. The van der Waals surface area contributed by atoms with Gasteiger partial charge in [-0.15, -0.1) is 0 Å². The molecule has 1 atom stereocenters. The average molecular weight is 337 g/mol. The number of rotatable bonds is 8. The zero-order valence-corrected chi connectivity index (χ0v) is 14.1. The third kappa shape index (κ3) is 4.91. The SMILES string of the molecule is COC(=O)C(C)CS(=O)(=O)N1CCC(CCO)(CCO)CC1. The summed E-state index contributed by atoms with van der Waals surface area (Å²) >= 11 is 0. The summed E-state index contributed by atoms with van der Waals surface area (Å²) in [6.07, 6.45) is 2.36. The molecular formula is C14H27NO6S. The quantitative estimate of drug-likeness (QED) is 0.603. The minimum absolute atomic E-state index is 0.0339. The van der Waals surface area contributed by atoms with E-state index in [2.05, 4.69) is 4.74 Å². The summed E-state index contributed by atoms with van der Waals surface area (Å²) < 4.78 is 30.7. The van der Waals surface area contributed by atoms with Gasteiger partial charge >= 0.3 is 5.97 Å². The molecule has 0 saturated carbocycles. The number of aliphatic hydroxyl groups excluding tert-OH is 2. The van der Waals surface area contributed by atoms with Crippen LogP contribution in [0.5, 0.6) is 0 Å². The van der Waals surface area contributed by atoms with Crippen LogP contribution in [0.4, 0.5) is 0 Å². The van der Waals surface area contributed by atoms with Gasteiger partial charge in [-0.05, 0) is 31.1 Å². The molecular weight excluding hydrogens is 310 g/mol. The Morgan fingerprint density at radius 3 is 2.14 bits per heavy atom. The van der Waals surface area contributed by atoms with Gasteiger partial charge in [-0.1, -0.05) is 6.92 Å². The van der Waals surface area contributed by atoms with Crippen LogP contribution in [0.1, 0.15) is 32.6 Å². The lowest BCUT2D eigenvalue weighted by Gasteiger charge is -2.41. The molecule has 8 heteroatoms. The van der Waals surface area contributed by atoms with Gasteiger partial charge in [0, 0.05) is 26.3 Å². The molecule has 1 saturated heterocycles. The van der Waals surface area contributed by atoms with Crippen molar-refractivity contribution < 1.29 is 28.2 Å². The summed E-state index contributed by atoms with van der Waals surface area (Å²) in [5, 5.41) is 18.4. The van der Waals surface area contributed by atoms with E-state index < -0.39 is 21.9 Å². The van der Waals surface area contributed by atoms with Crippen molar-refractivity contribution in [2.45, 2.75) is 32.6 Å². The summed E-state index contributed by atoms with van der Waals surface area (Å²) in [5.41, 5.74) is -0.191. The number of hydrogen-bond acceptors (Lipinski definition) is 6. The van der Waals surface area contributed by atoms with Crippen LogP contribution in [0.2, 0.25) is 0 Å². The molecule has 22 heavy (non-hydrogen) atoms. The molecule has 0 bridgehead atoms. The minimum Gasteiger partial charge on any atom is -0.469 e. The number of nitrogens with zero attached hydrogens (tertiary/aromatic N) is 1. The first-order chi connectivity index (χ1) is 10.3. The van der Waals surface area contributed by atoms with Crippen molar-refractivity contribution in [1.82, 2.24) is 4.31 Å². The molecule has 1 rings (SSSR count). The highest BCUT2D eigenvalue weighted by Crippen LogP contribution is 2.38. The normalized spacial score (nSPS) is 20.5. The molecule has 1 unspecified atom stereocenters. The highest BCUT2D eigenvalue weighted by atomic mass is 32.2. The van der Waals surface area contributed by atoms with Crippen LogP contribution < -0.4 is 0 Å². The van der Waals surface area contributed by atoms with Crippen LogP contribution in [0, 0.1) is 11.3 Å². The van der Waals surface area contributed by atoms with E-state index in [4.69, 9.17) is 0 Å². The molecule has 0 aromatic heterocycles. The van der Waals surface area contributed by atoms with Gasteiger partial charge in [-0.2, -0.15) is 0 Å². The second-order valence-corrected chi connectivity index (χ2v) is 8.06. The zero-order valence-electron chi connectivity index (χ0n) is 13.3. The topological polar surface area (TPSA) is 104 Å². The maximum Gasteiger partial charge on any atom is 0.309 e. The van der Waals surface area contributed by atoms with Crippen LogP contribution in [0.25, 0.3) is 0 Å². The zero-order chi connectivity index (χ0) is 16.8. The van der Waals surface area contributed by atoms with Crippen LogP contribution in [-0.4, -0.2) is 68.1 Å². The van der Waals surface area contributed by atoms with Crippen LogP contribution in [-0.2, 0) is 19.6 Å². The van der Waals surface area contributed by atoms with Gasteiger partial charge in [0.1, 0.15) is 0 Å². The smallest absolute Gasteiger partial charge is 0.309 e. The lowest BCUT2D eigenvalue weighted by molar-refractivity contribution is -0.144. The predicted octanol–water partition coefficient (Wildman–Crippen LogP) is -0.0277. The summed E-state index contributed by atoms with van der Waals surface area (Å²) in [7, 11) is -2.27. The Hall–Kier alpha value is -0.700. The molecule has 0 amide bonds. The van der Waals surface area contributed by atoms with Gasteiger partial charge in [0.05, 0.1) is 18.8 Å². The summed E-state index contributed by atoms with van der Waals surface area (Å²) in [4.78, 5) is 11.4. The largest absolute Gasteiger partial charge is 0.469 e. The summed E-state index contributed by atoms with van der Waals surface area (Å²) in [6, 6.07) is 0. The second kappa shape index (κ2) is 8.24. The summed E-state index contributed by atoms with van der Waals surface area (Å²) in [6.45, 7) is 2.32. The van der Waals surface area contributed by atoms with Gasteiger partial charge < -0.3 is 14.9 Å². The van der Waals surface area contributed by atoms with E-state index in [1.165, 1.54) is 18.3 Å². The highest BCUT2D eigenvalue weighted by Gasteiger charge is 2.38. The Labute approximate surface area is 132 Å². The van der Waals surface area contributed by atoms with Crippen molar-refractivity contribution in [3.05, 3.63) is 0 Å². The lowest BCUT2D eigenvalue weighted by Crippen LogP contribution is -2.45. The van der Waals surface area contributed by atoms with Crippen molar-refractivity contribution in [2.75, 3.05) is 39.2 Å². The maximum absolute atomic E-state index is 12.4. The van der Waals surface area contributed by atoms with Gasteiger partial charge in [0.2, 0.25) is 10.0 Å². The standard InChI is InChI=1S/C14H27NO6S/c1-12(13(18)21-2)11-22(19,20)15-7-3-14(4-8-15,5-9-16)6-10-17/h12,16-17H,3-11H2,1-2H3. The highest BCUT2D eigenvalue weighted by molar-refractivity contribution is 7.89. The molecule has 1 aliphatic rings. The first-order valence-corrected chi connectivity index (χ1v) is 9.18. The average Bonchev–Trinajstić information content (AvgIpc) is 2.47. The number of sulfonamides is 1. The van der Waals surface area contributed by atoms with Crippen LogP contribution in [0.15, 0.2) is 0 Å². The molecule has 0 aliphatic carbocycles. The number of carbonyl (C=O) groups excluding carboxylic acids is 1. The van der Waals surface area contributed by atoms with E-state index in [9.17, 15) is 23.4 Å². The Bertz CT molecular complexity index is 448. The molecule has 7 nitrogen and oxygen atoms in total. The first kappa shape index (κ1) is 19.3. The fourth-order valence-corrected chi connectivity index (χ4v) is 4.75. The summed E-state index contributed by atoms with van der Waals surface area (Å²) in [5.74, 6) is -1.49. The number of ether oxygens (including phenoxy) is 1. The monoisotopic (exact) mass is 337 g/mol. The molecule has 0 aromatic rings. The predicted molar refractivity (Wildman–Crippen MR) is 81.6 cm³/mol. The number of methoxy groups -OCH3 is 1. The van der Waals surface area contributed by atoms with Crippen molar-refractivity contribution in [3.63, 3.8) is 0 Å².